The number of alkyl halides is 3. The van der Waals surface area contributed by atoms with E-state index in [1.807, 2.05) is 27.7 Å². The van der Waals surface area contributed by atoms with Crippen LogP contribution in [0, 0.1) is 5.82 Å². The third-order valence-corrected chi connectivity index (χ3v) is 5.21. The molecular formula is C20H21BF4N2O3. The van der Waals surface area contributed by atoms with Gasteiger partial charge in [0.15, 0.2) is 0 Å². The van der Waals surface area contributed by atoms with Crippen LogP contribution in [0.2, 0.25) is 0 Å². The van der Waals surface area contributed by atoms with E-state index >= 15 is 0 Å². The van der Waals surface area contributed by atoms with Crippen LogP contribution in [0.4, 0.5) is 33.7 Å². The standard InChI is InChI=1S/C20H21BF4N2O3/c1-18(2)19(3,4)30-21(29-18)13-6-5-7-14(11-13)26-17(28)27-16-10-12(20(23,24)25)8-9-15(16)22/h5-11H,1-4H3,(H2,26,27,28). The minimum Gasteiger partial charge on any atom is -0.399 e. The lowest BCUT2D eigenvalue weighted by atomic mass is 9.79. The fourth-order valence-corrected chi connectivity index (χ4v) is 2.82. The molecular weight excluding hydrogens is 403 g/mol. The van der Waals surface area contributed by atoms with Crippen LogP contribution in [-0.4, -0.2) is 24.4 Å². The maximum absolute atomic E-state index is 13.8. The highest BCUT2D eigenvalue weighted by Crippen LogP contribution is 2.36. The first-order chi connectivity index (χ1) is 13.8. The van der Waals surface area contributed by atoms with Gasteiger partial charge in [0, 0.05) is 5.69 Å². The molecule has 2 N–H and O–H groups in total. The van der Waals surface area contributed by atoms with Crippen LogP contribution < -0.4 is 16.1 Å². The topological polar surface area (TPSA) is 59.6 Å². The summed E-state index contributed by atoms with van der Waals surface area (Å²) in [4.78, 5) is 12.2. The molecule has 0 radical (unpaired) electrons. The number of benzene rings is 2. The number of hydrogen-bond acceptors (Lipinski definition) is 3. The highest BCUT2D eigenvalue weighted by Gasteiger charge is 2.51. The molecule has 160 valence electrons. The fraction of sp³-hybridized carbons (Fsp3) is 0.350. The monoisotopic (exact) mass is 424 g/mol. The van der Waals surface area contributed by atoms with Gasteiger partial charge in [0.25, 0.3) is 0 Å². The zero-order chi connectivity index (χ0) is 22.3. The van der Waals surface area contributed by atoms with Gasteiger partial charge >= 0.3 is 19.3 Å². The molecule has 0 aromatic heterocycles. The van der Waals surface area contributed by atoms with Gasteiger partial charge in [-0.1, -0.05) is 12.1 Å². The van der Waals surface area contributed by atoms with Crippen molar-refractivity contribution in [3.8, 4) is 0 Å². The Morgan fingerprint density at radius 1 is 0.967 bits per heavy atom. The molecule has 30 heavy (non-hydrogen) atoms. The van der Waals surface area contributed by atoms with Gasteiger partial charge in [-0.3, -0.25) is 0 Å². The maximum atomic E-state index is 13.8. The van der Waals surface area contributed by atoms with Crippen LogP contribution in [0.3, 0.4) is 0 Å². The van der Waals surface area contributed by atoms with Gasteiger partial charge in [-0.2, -0.15) is 13.2 Å². The molecule has 0 atom stereocenters. The molecule has 2 aromatic carbocycles. The smallest absolute Gasteiger partial charge is 0.399 e. The molecule has 1 heterocycles. The highest BCUT2D eigenvalue weighted by atomic mass is 19.4. The summed E-state index contributed by atoms with van der Waals surface area (Å²) >= 11 is 0. The Morgan fingerprint density at radius 2 is 1.60 bits per heavy atom. The third kappa shape index (κ3) is 4.60. The molecule has 1 aliphatic heterocycles. The van der Waals surface area contributed by atoms with Gasteiger partial charge in [0.1, 0.15) is 5.82 Å². The van der Waals surface area contributed by atoms with Crippen molar-refractivity contribution in [2.75, 3.05) is 10.6 Å². The highest BCUT2D eigenvalue weighted by molar-refractivity contribution is 6.62. The first-order valence-electron chi connectivity index (χ1n) is 9.19. The molecule has 10 heteroatoms. The number of carbonyl (C=O) groups is 1. The van der Waals surface area contributed by atoms with Crippen LogP contribution in [0.1, 0.15) is 33.3 Å². The predicted octanol–water partition coefficient (Wildman–Crippen LogP) is 4.79. The summed E-state index contributed by atoms with van der Waals surface area (Å²) < 4.78 is 64.2. The molecule has 0 spiro atoms. The van der Waals surface area contributed by atoms with E-state index in [-0.39, 0.29) is 0 Å². The van der Waals surface area contributed by atoms with E-state index in [0.717, 1.165) is 0 Å². The zero-order valence-corrected chi connectivity index (χ0v) is 16.9. The molecule has 1 aliphatic rings. The van der Waals surface area contributed by atoms with Crippen molar-refractivity contribution in [1.29, 1.82) is 0 Å². The lowest BCUT2D eigenvalue weighted by Crippen LogP contribution is -2.41. The third-order valence-electron chi connectivity index (χ3n) is 5.21. The number of carbonyl (C=O) groups excluding carboxylic acids is 1. The Kier molecular flexibility index (Phi) is 5.59. The van der Waals surface area contributed by atoms with Crippen molar-refractivity contribution in [2.24, 2.45) is 0 Å². The largest absolute Gasteiger partial charge is 0.494 e. The first kappa shape index (κ1) is 22.1. The number of hydrogen-bond donors (Lipinski definition) is 2. The number of urea groups is 1. The van der Waals surface area contributed by atoms with Crippen LogP contribution in [0.25, 0.3) is 0 Å². The summed E-state index contributed by atoms with van der Waals surface area (Å²) in [5, 5.41) is 4.57. The predicted molar refractivity (Wildman–Crippen MR) is 106 cm³/mol. The molecule has 0 aliphatic carbocycles. The van der Waals surface area contributed by atoms with Gasteiger partial charge in [0.2, 0.25) is 0 Å². The number of amides is 2. The second-order valence-corrected chi connectivity index (χ2v) is 7.99. The quantitative estimate of drug-likeness (QED) is 0.551. The van der Waals surface area contributed by atoms with Gasteiger partial charge in [-0.25, -0.2) is 9.18 Å². The van der Waals surface area contributed by atoms with Crippen molar-refractivity contribution >= 4 is 30.0 Å². The SMILES string of the molecule is CC1(C)OB(c2cccc(NC(=O)Nc3cc(C(F)(F)F)ccc3F)c2)OC1(C)C. The summed E-state index contributed by atoms with van der Waals surface area (Å²) in [5.41, 5.74) is -1.74. The Balaban J connectivity index is 1.72. The minimum absolute atomic E-state index is 0.340. The molecule has 2 aromatic rings. The van der Waals surface area contributed by atoms with Gasteiger partial charge in [-0.05, 0) is 63.5 Å². The minimum atomic E-state index is -4.65. The maximum Gasteiger partial charge on any atom is 0.494 e. The lowest BCUT2D eigenvalue weighted by molar-refractivity contribution is -0.137. The molecule has 0 saturated carbocycles. The molecule has 0 unspecified atom stereocenters. The fourth-order valence-electron chi connectivity index (χ4n) is 2.82. The second kappa shape index (κ2) is 7.59. The van der Waals surface area contributed by atoms with Gasteiger partial charge in [-0.15, -0.1) is 0 Å². The van der Waals surface area contributed by atoms with Crippen LogP contribution in [-0.2, 0) is 15.5 Å². The lowest BCUT2D eigenvalue weighted by Gasteiger charge is -2.32. The number of nitrogens with one attached hydrogen (secondary N) is 2. The normalized spacial score (nSPS) is 17.7. The van der Waals surface area contributed by atoms with Crippen molar-refractivity contribution in [2.45, 2.75) is 45.1 Å². The molecule has 5 nitrogen and oxygen atoms in total. The second-order valence-electron chi connectivity index (χ2n) is 7.99. The first-order valence-corrected chi connectivity index (χ1v) is 9.19. The van der Waals surface area contributed by atoms with E-state index in [1.54, 1.807) is 24.3 Å². The van der Waals surface area contributed by atoms with E-state index < -0.39 is 47.6 Å². The molecule has 2 amide bonds. The van der Waals surface area contributed by atoms with Crippen molar-refractivity contribution < 1.29 is 31.7 Å². The van der Waals surface area contributed by atoms with Crippen molar-refractivity contribution in [3.63, 3.8) is 0 Å². The molecule has 0 bridgehead atoms. The summed E-state index contributed by atoms with van der Waals surface area (Å²) in [5.74, 6) is -0.982. The average Bonchev–Trinajstić information content (AvgIpc) is 2.84. The van der Waals surface area contributed by atoms with E-state index in [2.05, 4.69) is 10.6 Å². The number of anilines is 2. The Labute approximate surface area is 171 Å². The molecule has 3 rings (SSSR count). The Bertz CT molecular complexity index is 947. The average molecular weight is 424 g/mol. The summed E-state index contributed by atoms with van der Waals surface area (Å²) in [7, 11) is -0.652. The molecule has 1 fully saturated rings. The van der Waals surface area contributed by atoms with Crippen molar-refractivity contribution in [3.05, 3.63) is 53.8 Å². The van der Waals surface area contributed by atoms with E-state index in [0.29, 0.717) is 29.3 Å². The van der Waals surface area contributed by atoms with E-state index in [1.165, 1.54) is 0 Å². The van der Waals surface area contributed by atoms with Crippen LogP contribution in [0.5, 0.6) is 0 Å². The Hall–Kier alpha value is -2.59. The molecule has 1 saturated heterocycles. The van der Waals surface area contributed by atoms with Crippen molar-refractivity contribution in [1.82, 2.24) is 0 Å². The van der Waals surface area contributed by atoms with Crippen LogP contribution >= 0.6 is 0 Å². The summed E-state index contributed by atoms with van der Waals surface area (Å²) in [6.07, 6.45) is -4.65. The van der Waals surface area contributed by atoms with E-state index in [9.17, 15) is 22.4 Å². The van der Waals surface area contributed by atoms with E-state index in [4.69, 9.17) is 9.31 Å². The summed E-state index contributed by atoms with van der Waals surface area (Å²) in [6.45, 7) is 7.64. The van der Waals surface area contributed by atoms with Crippen LogP contribution in [0.15, 0.2) is 42.5 Å². The zero-order valence-electron chi connectivity index (χ0n) is 16.9. The van der Waals surface area contributed by atoms with Gasteiger partial charge in [0.05, 0.1) is 22.5 Å². The number of rotatable bonds is 3. The summed E-state index contributed by atoms with van der Waals surface area (Å²) in [6, 6.07) is 7.53. The number of halogens is 4. The van der Waals surface area contributed by atoms with Gasteiger partial charge < -0.3 is 19.9 Å². The Morgan fingerprint density at radius 3 is 2.20 bits per heavy atom.